The van der Waals surface area contributed by atoms with Crippen molar-refractivity contribution in [1.82, 2.24) is 0 Å². The van der Waals surface area contributed by atoms with Crippen molar-refractivity contribution in [3.05, 3.63) is 0 Å². The van der Waals surface area contributed by atoms with E-state index in [2.05, 4.69) is 13.8 Å². The Morgan fingerprint density at radius 2 is 0.735 bits per heavy atom. The molecule has 0 aromatic carbocycles. The van der Waals surface area contributed by atoms with Crippen molar-refractivity contribution in [2.24, 2.45) is 5.73 Å². The number of hydrogen-bond donors (Lipinski definition) is 2. The second kappa shape index (κ2) is 26.2. The van der Waals surface area contributed by atoms with Crippen LogP contribution in [0.5, 0.6) is 0 Å². The van der Waals surface area contributed by atoms with Crippen molar-refractivity contribution in [1.29, 1.82) is 0 Å². The van der Waals surface area contributed by atoms with Crippen molar-refractivity contribution >= 4 is 7.14 Å². The molecule has 0 aliphatic heterocycles. The third-order valence-electron chi connectivity index (χ3n) is 7.53. The SMILES string of the molecule is CCCCCCCCCCCCCCP(=O)(CCCCCCCCCCCCCC)C(O)CN. The number of nitrogens with two attached hydrogens (primary N) is 1. The normalized spacial score (nSPS) is 12.9. The van der Waals surface area contributed by atoms with Crippen LogP contribution in [0.15, 0.2) is 0 Å². The molecule has 0 aliphatic carbocycles. The zero-order valence-electron chi connectivity index (χ0n) is 23.5. The highest BCUT2D eigenvalue weighted by atomic mass is 31.2. The van der Waals surface area contributed by atoms with Gasteiger partial charge in [-0.15, -0.1) is 0 Å². The summed E-state index contributed by atoms with van der Waals surface area (Å²) in [5.41, 5.74) is 5.71. The first kappa shape index (κ1) is 34.1. The van der Waals surface area contributed by atoms with Crippen LogP contribution in [0.1, 0.15) is 168 Å². The van der Waals surface area contributed by atoms with Gasteiger partial charge in [-0.3, -0.25) is 0 Å². The Bertz CT molecular complexity index is 412. The molecule has 1 unspecified atom stereocenters. The zero-order chi connectivity index (χ0) is 25.2. The predicted octanol–water partition coefficient (Wildman–Crippen LogP) is 10.0. The third kappa shape index (κ3) is 21.4. The van der Waals surface area contributed by atoms with Gasteiger partial charge in [-0.1, -0.05) is 155 Å². The minimum atomic E-state index is -2.54. The summed E-state index contributed by atoms with van der Waals surface area (Å²) in [7, 11) is -2.54. The first-order valence-corrected chi connectivity index (χ1v) is 17.7. The minimum absolute atomic E-state index is 0.147. The molecular weight excluding hydrogens is 437 g/mol. The summed E-state index contributed by atoms with van der Waals surface area (Å²) < 4.78 is 13.4. The fraction of sp³-hybridized carbons (Fsp3) is 1.00. The number of aliphatic hydroxyl groups is 1. The van der Waals surface area contributed by atoms with Crippen molar-refractivity contribution in [3.63, 3.8) is 0 Å². The van der Waals surface area contributed by atoms with Gasteiger partial charge in [0.25, 0.3) is 0 Å². The topological polar surface area (TPSA) is 63.3 Å². The van der Waals surface area contributed by atoms with E-state index in [-0.39, 0.29) is 6.54 Å². The summed E-state index contributed by atoms with van der Waals surface area (Å²) in [6, 6.07) is 0. The van der Waals surface area contributed by atoms with E-state index in [1.54, 1.807) is 0 Å². The lowest BCUT2D eigenvalue weighted by atomic mass is 10.1. The Balaban J connectivity index is 3.72. The first-order chi connectivity index (χ1) is 16.6. The van der Waals surface area contributed by atoms with Gasteiger partial charge in [-0.2, -0.15) is 0 Å². The highest BCUT2D eigenvalue weighted by Gasteiger charge is 2.29. The first-order valence-electron chi connectivity index (χ1n) is 15.6. The summed E-state index contributed by atoms with van der Waals surface area (Å²) in [5, 5.41) is 10.3. The van der Waals surface area contributed by atoms with Crippen LogP contribution in [-0.4, -0.2) is 29.8 Å². The Morgan fingerprint density at radius 3 is 0.971 bits per heavy atom. The second-order valence-corrected chi connectivity index (χ2v) is 14.3. The highest BCUT2D eigenvalue weighted by molar-refractivity contribution is 7.64. The van der Waals surface area contributed by atoms with Gasteiger partial charge in [0.05, 0.1) is 0 Å². The second-order valence-electron chi connectivity index (χ2n) is 10.9. The molecule has 206 valence electrons. The van der Waals surface area contributed by atoms with Crippen LogP contribution >= 0.6 is 7.14 Å². The molecule has 34 heavy (non-hydrogen) atoms. The van der Waals surface area contributed by atoms with E-state index in [1.165, 1.54) is 128 Å². The van der Waals surface area contributed by atoms with Crippen LogP contribution in [-0.2, 0) is 4.57 Å². The monoisotopic (exact) mass is 501 g/mol. The maximum absolute atomic E-state index is 13.4. The number of hydrogen-bond acceptors (Lipinski definition) is 3. The number of rotatable bonds is 28. The van der Waals surface area contributed by atoms with Crippen molar-refractivity contribution in [2.75, 3.05) is 18.9 Å². The summed E-state index contributed by atoms with van der Waals surface area (Å²) in [6.07, 6.45) is 32.8. The Morgan fingerprint density at radius 1 is 0.500 bits per heavy atom. The van der Waals surface area contributed by atoms with Gasteiger partial charge in [0, 0.05) is 18.9 Å². The van der Waals surface area contributed by atoms with E-state index < -0.39 is 13.0 Å². The number of aliphatic hydroxyl groups excluding tert-OH is 1. The molecule has 0 heterocycles. The van der Waals surface area contributed by atoms with Crippen LogP contribution in [0.2, 0.25) is 0 Å². The van der Waals surface area contributed by atoms with E-state index in [0.717, 1.165) is 25.7 Å². The molecule has 0 saturated carbocycles. The molecule has 3 N–H and O–H groups in total. The quantitative estimate of drug-likeness (QED) is 0.0828. The van der Waals surface area contributed by atoms with Crippen LogP contribution in [0.3, 0.4) is 0 Å². The average Bonchev–Trinajstić information content (AvgIpc) is 2.84. The van der Waals surface area contributed by atoms with E-state index in [1.807, 2.05) is 0 Å². The Kier molecular flexibility index (Phi) is 26.3. The van der Waals surface area contributed by atoms with E-state index >= 15 is 0 Å². The molecule has 0 spiro atoms. The van der Waals surface area contributed by atoms with Crippen LogP contribution < -0.4 is 5.73 Å². The van der Waals surface area contributed by atoms with Crippen LogP contribution in [0, 0.1) is 0 Å². The van der Waals surface area contributed by atoms with Crippen molar-refractivity contribution in [3.8, 4) is 0 Å². The lowest BCUT2D eigenvalue weighted by Gasteiger charge is -2.23. The van der Waals surface area contributed by atoms with Gasteiger partial charge >= 0.3 is 0 Å². The van der Waals surface area contributed by atoms with Gasteiger partial charge in [-0.25, -0.2) is 0 Å². The standard InChI is InChI=1S/C30H64NO2P/c1-3-5-7-9-11-13-15-17-19-21-23-25-27-34(33,30(32)29-31)28-26-24-22-20-18-16-14-12-10-8-6-4-2/h30,32H,3-29,31H2,1-2H3. The zero-order valence-corrected chi connectivity index (χ0v) is 24.4. The van der Waals surface area contributed by atoms with E-state index in [9.17, 15) is 9.67 Å². The van der Waals surface area contributed by atoms with Gasteiger partial charge in [0.1, 0.15) is 13.0 Å². The Labute approximate surface area is 215 Å². The molecule has 0 aromatic rings. The minimum Gasteiger partial charge on any atom is -0.384 e. The van der Waals surface area contributed by atoms with E-state index in [4.69, 9.17) is 5.73 Å². The van der Waals surface area contributed by atoms with E-state index in [0.29, 0.717) is 12.3 Å². The van der Waals surface area contributed by atoms with Gasteiger partial charge in [-0.05, 0) is 12.8 Å². The molecule has 0 bridgehead atoms. The molecule has 0 aliphatic rings. The Hall–Kier alpha value is 0.150. The molecule has 0 fully saturated rings. The molecule has 0 saturated heterocycles. The summed E-state index contributed by atoms with van der Waals surface area (Å²) in [6.45, 7) is 4.69. The molecule has 0 aromatic heterocycles. The summed E-state index contributed by atoms with van der Waals surface area (Å²) in [4.78, 5) is 0. The van der Waals surface area contributed by atoms with Crippen molar-refractivity contribution in [2.45, 2.75) is 174 Å². The maximum Gasteiger partial charge on any atom is 0.119 e. The molecule has 0 radical (unpaired) electrons. The number of unbranched alkanes of at least 4 members (excludes halogenated alkanes) is 22. The molecular formula is C30H64NO2P. The molecule has 0 rings (SSSR count). The maximum atomic E-state index is 13.4. The van der Waals surface area contributed by atoms with Gasteiger partial charge in [0.15, 0.2) is 0 Å². The third-order valence-corrected chi connectivity index (χ3v) is 11.0. The molecule has 4 heteroatoms. The van der Waals surface area contributed by atoms with Crippen LogP contribution in [0.25, 0.3) is 0 Å². The lowest BCUT2D eigenvalue weighted by Crippen LogP contribution is -2.23. The average molecular weight is 502 g/mol. The molecule has 0 amide bonds. The fourth-order valence-corrected chi connectivity index (χ4v) is 7.76. The lowest BCUT2D eigenvalue weighted by molar-refractivity contribution is 0.254. The molecule has 1 atom stereocenters. The highest BCUT2D eigenvalue weighted by Crippen LogP contribution is 2.51. The van der Waals surface area contributed by atoms with Gasteiger partial charge in [0.2, 0.25) is 0 Å². The van der Waals surface area contributed by atoms with Crippen LogP contribution in [0.4, 0.5) is 0 Å². The predicted molar refractivity (Wildman–Crippen MR) is 155 cm³/mol. The molecule has 3 nitrogen and oxygen atoms in total. The van der Waals surface area contributed by atoms with Crippen molar-refractivity contribution < 1.29 is 9.67 Å². The summed E-state index contributed by atoms with van der Waals surface area (Å²) >= 11 is 0. The smallest absolute Gasteiger partial charge is 0.119 e. The van der Waals surface area contributed by atoms with Gasteiger partial charge < -0.3 is 15.4 Å². The fourth-order valence-electron chi connectivity index (χ4n) is 5.04. The summed E-state index contributed by atoms with van der Waals surface area (Å²) in [5.74, 6) is -0.784. The largest absolute Gasteiger partial charge is 0.384 e.